The second kappa shape index (κ2) is 7.42. The molecular formula is C16H15ClN2O5S2. The van der Waals surface area contributed by atoms with Gasteiger partial charge in [0.1, 0.15) is 6.54 Å². The molecule has 3 amide bonds. The molecule has 1 atom stereocenters. The fourth-order valence-corrected chi connectivity index (χ4v) is 5.39. The molecule has 3 rings (SSSR count). The van der Waals surface area contributed by atoms with Crippen LogP contribution < -0.4 is 5.32 Å². The van der Waals surface area contributed by atoms with Crippen LogP contribution in [0.3, 0.4) is 0 Å². The second-order valence-electron chi connectivity index (χ2n) is 5.96. The summed E-state index contributed by atoms with van der Waals surface area (Å²) in [6, 6.07) is 6.40. The molecule has 0 saturated carbocycles. The first kappa shape index (κ1) is 18.9. The molecule has 0 bridgehead atoms. The van der Waals surface area contributed by atoms with Gasteiger partial charge in [-0.15, -0.1) is 0 Å². The lowest BCUT2D eigenvalue weighted by Gasteiger charge is -2.15. The summed E-state index contributed by atoms with van der Waals surface area (Å²) in [7, 11) is -3.13. The normalized spacial score (nSPS) is 23.7. The number of imide groups is 1. The van der Waals surface area contributed by atoms with Crippen LogP contribution in [0.5, 0.6) is 0 Å². The van der Waals surface area contributed by atoms with Gasteiger partial charge in [-0.3, -0.25) is 19.3 Å². The van der Waals surface area contributed by atoms with Crippen molar-refractivity contribution in [1.82, 2.24) is 10.2 Å². The first-order chi connectivity index (χ1) is 12.2. The minimum absolute atomic E-state index is 0.0279. The number of carbonyl (C=O) groups is 3. The molecule has 2 saturated heterocycles. The number of amides is 3. The van der Waals surface area contributed by atoms with Crippen LogP contribution in [0.1, 0.15) is 12.0 Å². The van der Waals surface area contributed by atoms with Gasteiger partial charge >= 0.3 is 0 Å². The number of hydrogen-bond acceptors (Lipinski definition) is 6. The molecule has 138 valence electrons. The highest BCUT2D eigenvalue weighted by Gasteiger charge is 2.37. The molecule has 2 heterocycles. The van der Waals surface area contributed by atoms with Crippen molar-refractivity contribution < 1.29 is 22.8 Å². The maximum absolute atomic E-state index is 12.4. The molecule has 2 fully saturated rings. The molecule has 10 heteroatoms. The zero-order chi connectivity index (χ0) is 18.9. The Morgan fingerprint density at radius 3 is 2.73 bits per heavy atom. The quantitative estimate of drug-likeness (QED) is 0.752. The van der Waals surface area contributed by atoms with Gasteiger partial charge in [0.2, 0.25) is 5.91 Å². The Morgan fingerprint density at radius 1 is 1.35 bits per heavy atom. The number of benzene rings is 1. The van der Waals surface area contributed by atoms with Gasteiger partial charge < -0.3 is 5.32 Å². The average Bonchev–Trinajstić information content (AvgIpc) is 3.03. The average molecular weight is 415 g/mol. The van der Waals surface area contributed by atoms with Crippen molar-refractivity contribution in [3.05, 3.63) is 39.8 Å². The van der Waals surface area contributed by atoms with Gasteiger partial charge in [0.05, 0.1) is 16.4 Å². The maximum Gasteiger partial charge on any atom is 0.294 e. The molecule has 0 aromatic heterocycles. The zero-order valence-electron chi connectivity index (χ0n) is 13.5. The number of rotatable bonds is 4. The van der Waals surface area contributed by atoms with Crippen molar-refractivity contribution in [2.45, 2.75) is 12.5 Å². The summed E-state index contributed by atoms with van der Waals surface area (Å²) in [5, 5.41) is 2.45. The molecule has 1 N–H and O–H groups in total. The maximum atomic E-state index is 12.4. The minimum Gasteiger partial charge on any atom is -0.351 e. The predicted octanol–water partition coefficient (Wildman–Crippen LogP) is 1.68. The van der Waals surface area contributed by atoms with E-state index >= 15 is 0 Å². The number of nitrogens with one attached hydrogen (secondary N) is 1. The molecule has 26 heavy (non-hydrogen) atoms. The van der Waals surface area contributed by atoms with Gasteiger partial charge in [0, 0.05) is 11.1 Å². The van der Waals surface area contributed by atoms with Gasteiger partial charge in [0.25, 0.3) is 11.1 Å². The number of carbonyl (C=O) groups excluding carboxylic acids is 3. The summed E-state index contributed by atoms with van der Waals surface area (Å²) in [6.45, 7) is -0.443. The lowest BCUT2D eigenvalue weighted by Crippen LogP contribution is -2.43. The number of hydrogen-bond donors (Lipinski definition) is 1. The summed E-state index contributed by atoms with van der Waals surface area (Å²) >= 11 is 6.78. The number of nitrogens with zero attached hydrogens (tertiary/aromatic N) is 1. The van der Waals surface area contributed by atoms with Crippen molar-refractivity contribution >= 4 is 56.3 Å². The summed E-state index contributed by atoms with van der Waals surface area (Å²) in [4.78, 5) is 37.6. The Labute approximate surface area is 159 Å². The molecule has 0 spiro atoms. The van der Waals surface area contributed by atoms with Gasteiger partial charge in [-0.2, -0.15) is 0 Å². The molecule has 0 aliphatic carbocycles. The van der Waals surface area contributed by atoms with Crippen LogP contribution in [0.4, 0.5) is 4.79 Å². The van der Waals surface area contributed by atoms with Crippen LogP contribution in [0.2, 0.25) is 5.02 Å². The van der Waals surface area contributed by atoms with Crippen LogP contribution in [0.15, 0.2) is 29.2 Å². The lowest BCUT2D eigenvalue weighted by molar-refractivity contribution is -0.129. The molecule has 0 radical (unpaired) electrons. The Kier molecular flexibility index (Phi) is 5.40. The third-order valence-electron chi connectivity index (χ3n) is 3.96. The molecule has 2 aliphatic rings. The molecule has 2 aliphatic heterocycles. The molecule has 1 aromatic carbocycles. The van der Waals surface area contributed by atoms with E-state index in [0.29, 0.717) is 17.0 Å². The minimum atomic E-state index is -3.13. The molecular weight excluding hydrogens is 400 g/mol. The van der Waals surface area contributed by atoms with Crippen LogP contribution in [-0.2, 0) is 19.4 Å². The fraction of sp³-hybridized carbons (Fsp3) is 0.312. The highest BCUT2D eigenvalue weighted by atomic mass is 35.5. The number of sulfone groups is 1. The predicted molar refractivity (Wildman–Crippen MR) is 99.3 cm³/mol. The summed E-state index contributed by atoms with van der Waals surface area (Å²) in [5.74, 6) is -1.23. The van der Waals surface area contributed by atoms with Crippen molar-refractivity contribution in [3.63, 3.8) is 0 Å². The second-order valence-corrected chi connectivity index (χ2v) is 9.59. The smallest absolute Gasteiger partial charge is 0.294 e. The largest absolute Gasteiger partial charge is 0.351 e. The summed E-state index contributed by atoms with van der Waals surface area (Å²) < 4.78 is 22.8. The van der Waals surface area contributed by atoms with E-state index in [1.165, 1.54) is 6.08 Å². The fourth-order valence-electron chi connectivity index (χ4n) is 2.70. The van der Waals surface area contributed by atoms with E-state index in [9.17, 15) is 22.8 Å². The van der Waals surface area contributed by atoms with Crippen LogP contribution in [0, 0.1) is 0 Å². The first-order valence-electron chi connectivity index (χ1n) is 7.75. The standard InChI is InChI=1S/C16H15ClN2O5S2/c17-12-4-2-1-3-10(12)7-13-15(21)19(16(22)25-13)8-14(20)18-11-5-6-26(23,24)9-11/h1-4,7,11H,5-6,8-9H2,(H,18,20)/b13-7-/t11-/m0/s1. The van der Waals surface area contributed by atoms with Crippen LogP contribution in [0.25, 0.3) is 6.08 Å². The van der Waals surface area contributed by atoms with E-state index in [1.54, 1.807) is 24.3 Å². The van der Waals surface area contributed by atoms with E-state index in [1.807, 2.05) is 0 Å². The summed E-state index contributed by atoms with van der Waals surface area (Å²) in [5.41, 5.74) is 0.597. The van der Waals surface area contributed by atoms with Crippen LogP contribution in [-0.4, -0.2) is 54.5 Å². The van der Waals surface area contributed by atoms with E-state index in [-0.39, 0.29) is 16.4 Å². The van der Waals surface area contributed by atoms with Gasteiger partial charge in [-0.1, -0.05) is 29.8 Å². The molecule has 0 unspecified atom stereocenters. The highest BCUT2D eigenvalue weighted by Crippen LogP contribution is 2.33. The van der Waals surface area contributed by atoms with E-state index < -0.39 is 39.5 Å². The third-order valence-corrected chi connectivity index (χ3v) is 6.98. The van der Waals surface area contributed by atoms with Crippen molar-refractivity contribution in [3.8, 4) is 0 Å². The van der Waals surface area contributed by atoms with Crippen LogP contribution >= 0.6 is 23.4 Å². The number of thioether (sulfide) groups is 1. The van der Waals surface area contributed by atoms with Gasteiger partial charge in [-0.05, 0) is 35.9 Å². The monoisotopic (exact) mass is 414 g/mol. The lowest BCUT2D eigenvalue weighted by atomic mass is 10.2. The van der Waals surface area contributed by atoms with Crippen molar-refractivity contribution in [2.75, 3.05) is 18.1 Å². The van der Waals surface area contributed by atoms with E-state index in [4.69, 9.17) is 11.6 Å². The highest BCUT2D eigenvalue weighted by molar-refractivity contribution is 8.18. The van der Waals surface area contributed by atoms with Crippen molar-refractivity contribution in [1.29, 1.82) is 0 Å². The van der Waals surface area contributed by atoms with E-state index in [2.05, 4.69) is 5.32 Å². The Hall–Kier alpha value is -1.84. The summed E-state index contributed by atoms with van der Waals surface area (Å²) in [6.07, 6.45) is 1.84. The molecule has 7 nitrogen and oxygen atoms in total. The SMILES string of the molecule is O=C(CN1C(=O)S/C(=C\c2ccccc2Cl)C1=O)N[C@H]1CCS(=O)(=O)C1. The van der Waals surface area contributed by atoms with E-state index in [0.717, 1.165) is 16.7 Å². The zero-order valence-corrected chi connectivity index (χ0v) is 15.9. The number of halogens is 1. The first-order valence-corrected chi connectivity index (χ1v) is 10.8. The Morgan fingerprint density at radius 2 is 2.08 bits per heavy atom. The Balaban J connectivity index is 1.66. The Bertz CT molecular complexity index is 913. The van der Waals surface area contributed by atoms with Crippen molar-refractivity contribution in [2.24, 2.45) is 0 Å². The third kappa shape index (κ3) is 4.28. The van der Waals surface area contributed by atoms with Gasteiger partial charge in [-0.25, -0.2) is 8.42 Å². The molecule has 1 aromatic rings. The van der Waals surface area contributed by atoms with Gasteiger partial charge in [0.15, 0.2) is 9.84 Å². The topological polar surface area (TPSA) is 101 Å².